The lowest BCUT2D eigenvalue weighted by atomic mass is 9.95. The van der Waals surface area contributed by atoms with E-state index in [2.05, 4.69) is 40.5 Å². The summed E-state index contributed by atoms with van der Waals surface area (Å²) in [5.74, 6) is 0.607. The molecule has 5 nitrogen and oxygen atoms in total. The Morgan fingerprint density at radius 1 is 1.23 bits per heavy atom. The molecule has 4 rings (SSSR count). The number of aromatic nitrogens is 2. The zero-order valence-corrected chi connectivity index (χ0v) is 19.5. The van der Waals surface area contributed by atoms with Gasteiger partial charge in [0.05, 0.1) is 48.3 Å². The minimum Gasteiger partial charge on any atom is -0.294 e. The Balaban J connectivity index is 1.51. The Morgan fingerprint density at radius 3 is 2.67 bits per heavy atom. The summed E-state index contributed by atoms with van der Waals surface area (Å²) in [6.45, 7) is 4.89. The first-order chi connectivity index (χ1) is 14.4. The van der Waals surface area contributed by atoms with Crippen LogP contribution >= 0.6 is 22.7 Å². The van der Waals surface area contributed by atoms with Crippen molar-refractivity contribution in [1.29, 1.82) is 0 Å². The molecule has 3 heterocycles. The lowest BCUT2D eigenvalue weighted by molar-refractivity contribution is -0.464. The first-order valence-electron chi connectivity index (χ1n) is 10.1. The van der Waals surface area contributed by atoms with Crippen molar-refractivity contribution in [2.75, 3.05) is 20.6 Å². The number of hydrogen-bond acceptors (Lipinski definition) is 5. The molecule has 156 valence electrons. The summed E-state index contributed by atoms with van der Waals surface area (Å²) in [6, 6.07) is 10.4. The molecule has 1 aliphatic rings. The Bertz CT molecular complexity index is 1070. The highest BCUT2D eigenvalue weighted by Gasteiger charge is 2.41. The molecule has 0 bridgehead atoms. The molecule has 2 atom stereocenters. The highest BCUT2D eigenvalue weighted by Crippen LogP contribution is 2.33. The summed E-state index contributed by atoms with van der Waals surface area (Å²) >= 11 is 3.23. The van der Waals surface area contributed by atoms with Crippen LogP contribution in [-0.4, -0.2) is 58.2 Å². The lowest BCUT2D eigenvalue weighted by Crippen LogP contribution is -2.37. The zero-order valence-electron chi connectivity index (χ0n) is 17.8. The largest absolute Gasteiger partial charge is 0.294 e. The van der Waals surface area contributed by atoms with Crippen LogP contribution in [0.4, 0.5) is 0 Å². The van der Waals surface area contributed by atoms with E-state index in [4.69, 9.17) is 4.98 Å². The third kappa shape index (κ3) is 4.52. The second-order valence-corrected chi connectivity index (χ2v) is 10.2. The van der Waals surface area contributed by atoms with Crippen LogP contribution in [0.2, 0.25) is 0 Å². The number of benzene rings is 1. The van der Waals surface area contributed by atoms with Gasteiger partial charge in [-0.2, -0.15) is 0 Å². The highest BCUT2D eigenvalue weighted by molar-refractivity contribution is 7.16. The van der Waals surface area contributed by atoms with Gasteiger partial charge < -0.3 is 0 Å². The number of likely N-dealkylation sites (tertiary alicyclic amines) is 1. The SMILES string of the molecule is Cc1nc(C)c(-c2csc(CC(=O)[C@@H]3C[C@@H](c4ccccc4)CN3C=[N+](C)C)n2)s1. The average molecular weight is 440 g/mol. The molecule has 1 fully saturated rings. The van der Waals surface area contributed by atoms with Crippen LogP contribution in [0.5, 0.6) is 0 Å². The molecule has 0 N–H and O–H groups in total. The smallest absolute Gasteiger partial charge is 0.234 e. The number of Topliss-reactive ketones (excluding diaryl/α,β-unsaturated/α-hetero) is 1. The van der Waals surface area contributed by atoms with E-state index < -0.39 is 0 Å². The van der Waals surface area contributed by atoms with E-state index >= 15 is 0 Å². The Morgan fingerprint density at radius 2 is 2.00 bits per heavy atom. The van der Waals surface area contributed by atoms with Gasteiger partial charge in [0.15, 0.2) is 11.8 Å². The van der Waals surface area contributed by atoms with Gasteiger partial charge in [0.1, 0.15) is 5.01 Å². The fourth-order valence-electron chi connectivity index (χ4n) is 4.10. The van der Waals surface area contributed by atoms with Crippen molar-refractivity contribution in [2.24, 2.45) is 0 Å². The molecule has 0 saturated carbocycles. The predicted octanol–water partition coefficient (Wildman–Crippen LogP) is 4.15. The van der Waals surface area contributed by atoms with Gasteiger partial charge in [0.2, 0.25) is 6.34 Å². The molecule has 30 heavy (non-hydrogen) atoms. The van der Waals surface area contributed by atoms with Crippen molar-refractivity contribution in [3.05, 3.63) is 57.0 Å². The maximum Gasteiger partial charge on any atom is 0.234 e. The van der Waals surface area contributed by atoms with E-state index in [0.29, 0.717) is 12.3 Å². The predicted molar refractivity (Wildman–Crippen MR) is 124 cm³/mol. The number of ketones is 1. The fraction of sp³-hybridized carbons (Fsp3) is 0.391. The van der Waals surface area contributed by atoms with Crippen LogP contribution < -0.4 is 0 Å². The Labute approximate surface area is 185 Å². The normalized spacial score (nSPS) is 18.6. The van der Waals surface area contributed by atoms with Crippen LogP contribution in [0, 0.1) is 13.8 Å². The second-order valence-electron chi connectivity index (χ2n) is 8.05. The van der Waals surface area contributed by atoms with E-state index in [9.17, 15) is 4.79 Å². The Hall–Kier alpha value is -2.38. The van der Waals surface area contributed by atoms with E-state index in [1.807, 2.05) is 44.0 Å². The number of carbonyl (C=O) groups is 1. The van der Waals surface area contributed by atoms with E-state index in [0.717, 1.165) is 39.2 Å². The van der Waals surface area contributed by atoms with Crippen molar-refractivity contribution in [3.8, 4) is 10.6 Å². The number of carbonyl (C=O) groups excluding carboxylic acids is 1. The molecule has 3 aromatic rings. The number of thiazole rings is 2. The fourth-order valence-corrected chi connectivity index (χ4v) is 5.85. The maximum absolute atomic E-state index is 13.3. The van der Waals surface area contributed by atoms with Crippen molar-refractivity contribution < 1.29 is 9.37 Å². The zero-order chi connectivity index (χ0) is 21.3. The minimum atomic E-state index is -0.114. The number of hydrogen-bond donors (Lipinski definition) is 0. The van der Waals surface area contributed by atoms with Gasteiger partial charge in [-0.3, -0.25) is 14.3 Å². The monoisotopic (exact) mass is 439 g/mol. The van der Waals surface area contributed by atoms with Crippen LogP contribution in [0.15, 0.2) is 35.7 Å². The van der Waals surface area contributed by atoms with Gasteiger partial charge in [-0.1, -0.05) is 30.3 Å². The summed E-state index contributed by atoms with van der Waals surface area (Å²) in [6.07, 6.45) is 3.28. The number of rotatable bonds is 6. The highest BCUT2D eigenvalue weighted by atomic mass is 32.1. The van der Waals surface area contributed by atoms with Crippen LogP contribution in [-0.2, 0) is 11.2 Å². The first kappa shape index (κ1) is 20.9. The molecule has 0 spiro atoms. The minimum absolute atomic E-state index is 0.114. The lowest BCUT2D eigenvalue weighted by Gasteiger charge is -2.14. The number of aryl methyl sites for hydroxylation is 2. The molecule has 7 heteroatoms. The van der Waals surface area contributed by atoms with E-state index in [-0.39, 0.29) is 11.8 Å². The molecule has 0 aliphatic carbocycles. The molecular weight excluding hydrogens is 412 g/mol. The van der Waals surface area contributed by atoms with Crippen LogP contribution in [0.3, 0.4) is 0 Å². The van der Waals surface area contributed by atoms with Gasteiger partial charge in [-0.05, 0) is 19.4 Å². The van der Waals surface area contributed by atoms with E-state index in [1.165, 1.54) is 5.56 Å². The van der Waals surface area contributed by atoms with Crippen LogP contribution in [0.1, 0.15) is 33.6 Å². The molecule has 0 radical (unpaired) electrons. The standard InChI is InChI=1S/C23H27N4OS2/c1-15-23(30-16(2)24-15)19-13-29-22(25-19)11-21(28)20-10-18(12-27(20)14-26(3)4)17-8-6-5-7-9-17/h5-9,13-14,18,20H,10-12H2,1-4H3/q+1/t18-,20+/m1/s1. The summed E-state index contributed by atoms with van der Waals surface area (Å²) in [4.78, 5) is 25.8. The third-order valence-corrected chi connectivity index (χ3v) is 7.32. The van der Waals surface area contributed by atoms with Crippen molar-refractivity contribution in [2.45, 2.75) is 38.6 Å². The summed E-state index contributed by atoms with van der Waals surface area (Å²) < 4.78 is 2.02. The molecule has 0 unspecified atom stereocenters. The van der Waals surface area contributed by atoms with Crippen molar-refractivity contribution >= 4 is 34.8 Å². The van der Waals surface area contributed by atoms with Crippen LogP contribution in [0.25, 0.3) is 10.6 Å². The van der Waals surface area contributed by atoms with Gasteiger partial charge in [0.25, 0.3) is 0 Å². The first-order valence-corrected chi connectivity index (χ1v) is 11.8. The summed E-state index contributed by atoms with van der Waals surface area (Å²) in [7, 11) is 4.01. The topological polar surface area (TPSA) is 49.1 Å². The van der Waals surface area contributed by atoms with Gasteiger partial charge >= 0.3 is 0 Å². The molecule has 1 aliphatic heterocycles. The molecule has 1 saturated heterocycles. The molecule has 1 aromatic carbocycles. The van der Waals surface area contributed by atoms with E-state index in [1.54, 1.807) is 22.7 Å². The molecular formula is C23H27N4OS2+. The van der Waals surface area contributed by atoms with Crippen molar-refractivity contribution in [3.63, 3.8) is 0 Å². The number of nitrogens with zero attached hydrogens (tertiary/aromatic N) is 4. The van der Waals surface area contributed by atoms with Crippen molar-refractivity contribution in [1.82, 2.24) is 14.9 Å². The summed E-state index contributed by atoms with van der Waals surface area (Å²) in [5, 5.41) is 3.97. The molecule has 0 amide bonds. The average Bonchev–Trinajstić information content (AvgIpc) is 3.41. The quantitative estimate of drug-likeness (QED) is 0.329. The maximum atomic E-state index is 13.3. The Kier molecular flexibility index (Phi) is 6.11. The van der Waals surface area contributed by atoms with Gasteiger partial charge in [-0.15, -0.1) is 22.7 Å². The molecule has 2 aromatic heterocycles. The summed E-state index contributed by atoms with van der Waals surface area (Å²) in [5.41, 5.74) is 3.25. The van der Waals surface area contributed by atoms with Gasteiger partial charge in [-0.25, -0.2) is 9.97 Å². The third-order valence-electron chi connectivity index (χ3n) is 5.37. The second kappa shape index (κ2) is 8.78. The van der Waals surface area contributed by atoms with Gasteiger partial charge in [0, 0.05) is 17.7 Å².